The monoisotopic (exact) mass is 277 g/mol. The Morgan fingerprint density at radius 1 is 1.59 bits per heavy atom. The van der Waals surface area contributed by atoms with Crippen molar-refractivity contribution < 1.29 is 14.3 Å². The van der Waals surface area contributed by atoms with Crippen molar-refractivity contribution in [3.8, 4) is 5.75 Å². The van der Waals surface area contributed by atoms with Crippen molar-refractivity contribution in [3.63, 3.8) is 0 Å². The number of nitrogens with one attached hydrogen (secondary N) is 1. The third-order valence-corrected chi connectivity index (χ3v) is 3.32. The van der Waals surface area contributed by atoms with Crippen molar-refractivity contribution in [3.05, 3.63) is 16.3 Å². The van der Waals surface area contributed by atoms with E-state index in [-0.39, 0.29) is 11.9 Å². The molecular formula is C11H16ClNO3S. The van der Waals surface area contributed by atoms with E-state index in [1.807, 2.05) is 0 Å². The minimum Gasteiger partial charge on any atom is -0.496 e. The van der Waals surface area contributed by atoms with Gasteiger partial charge < -0.3 is 14.8 Å². The Labute approximate surface area is 110 Å². The summed E-state index contributed by atoms with van der Waals surface area (Å²) in [5.74, 6) is 1.06. The number of amides is 1. The first-order valence-electron chi connectivity index (χ1n) is 5.19. The highest BCUT2D eigenvalue weighted by atomic mass is 35.5. The molecule has 0 aliphatic heterocycles. The molecule has 1 N–H and O–H groups in total. The van der Waals surface area contributed by atoms with Crippen LogP contribution in [0.2, 0.25) is 0 Å². The van der Waals surface area contributed by atoms with Gasteiger partial charge in [0.15, 0.2) is 0 Å². The zero-order chi connectivity index (χ0) is 12.7. The Bertz CT molecular complexity index is 350. The van der Waals surface area contributed by atoms with E-state index in [9.17, 15) is 4.79 Å². The maximum absolute atomic E-state index is 11.9. The van der Waals surface area contributed by atoms with Gasteiger partial charge >= 0.3 is 0 Å². The molecule has 0 radical (unpaired) electrons. The largest absolute Gasteiger partial charge is 0.496 e. The van der Waals surface area contributed by atoms with Crippen LogP contribution >= 0.6 is 22.9 Å². The summed E-state index contributed by atoms with van der Waals surface area (Å²) in [5.41, 5.74) is 0. The minimum atomic E-state index is -0.120. The van der Waals surface area contributed by atoms with Gasteiger partial charge in [-0.25, -0.2) is 0 Å². The van der Waals surface area contributed by atoms with Gasteiger partial charge in [-0.1, -0.05) is 0 Å². The average molecular weight is 278 g/mol. The minimum absolute atomic E-state index is 0.0573. The standard InChI is InChI=1S/C11H16ClNO3S/c1-15-6-8(3-4-12)13-11(14)10-5-9(16-2)7-17-10/h5,7-8H,3-4,6H2,1-2H3,(H,13,14). The Balaban J connectivity index is 2.56. The highest BCUT2D eigenvalue weighted by molar-refractivity contribution is 7.12. The summed E-state index contributed by atoms with van der Waals surface area (Å²) in [6.45, 7) is 0.459. The lowest BCUT2D eigenvalue weighted by atomic mass is 10.2. The molecule has 1 heterocycles. The maximum Gasteiger partial charge on any atom is 0.261 e. The third-order valence-electron chi connectivity index (χ3n) is 2.20. The van der Waals surface area contributed by atoms with E-state index in [2.05, 4.69) is 5.32 Å². The molecule has 1 rings (SSSR count). The second-order valence-electron chi connectivity index (χ2n) is 3.45. The Morgan fingerprint density at radius 3 is 2.88 bits per heavy atom. The van der Waals surface area contributed by atoms with Gasteiger partial charge in [-0.05, 0) is 6.42 Å². The van der Waals surface area contributed by atoms with Crippen LogP contribution in [0.25, 0.3) is 0 Å². The predicted octanol–water partition coefficient (Wildman–Crippen LogP) is 2.13. The first-order valence-corrected chi connectivity index (χ1v) is 6.61. The molecule has 1 amide bonds. The first kappa shape index (κ1) is 14.3. The molecule has 0 spiro atoms. The number of carbonyl (C=O) groups is 1. The van der Waals surface area contributed by atoms with E-state index in [4.69, 9.17) is 21.1 Å². The molecule has 6 heteroatoms. The summed E-state index contributed by atoms with van der Waals surface area (Å²) < 4.78 is 10.1. The fraction of sp³-hybridized carbons (Fsp3) is 0.545. The zero-order valence-electron chi connectivity index (χ0n) is 9.86. The molecule has 0 aromatic carbocycles. The summed E-state index contributed by atoms with van der Waals surface area (Å²) >= 11 is 7.01. The number of hydrogen-bond acceptors (Lipinski definition) is 4. The average Bonchev–Trinajstić information content (AvgIpc) is 2.78. The molecule has 0 aliphatic rings. The van der Waals surface area contributed by atoms with E-state index in [1.54, 1.807) is 25.7 Å². The molecule has 1 atom stereocenters. The van der Waals surface area contributed by atoms with Gasteiger partial charge in [0.1, 0.15) is 5.75 Å². The maximum atomic E-state index is 11.9. The van der Waals surface area contributed by atoms with Crippen LogP contribution in [-0.4, -0.2) is 38.7 Å². The zero-order valence-corrected chi connectivity index (χ0v) is 11.4. The fourth-order valence-corrected chi connectivity index (χ4v) is 2.35. The van der Waals surface area contributed by atoms with Crippen LogP contribution in [0, 0.1) is 0 Å². The molecule has 0 aliphatic carbocycles. The van der Waals surface area contributed by atoms with Gasteiger partial charge in [0.05, 0.1) is 24.6 Å². The summed E-state index contributed by atoms with van der Waals surface area (Å²) in [7, 11) is 3.17. The summed E-state index contributed by atoms with van der Waals surface area (Å²) in [4.78, 5) is 12.5. The highest BCUT2D eigenvalue weighted by Gasteiger charge is 2.15. The number of alkyl halides is 1. The lowest BCUT2D eigenvalue weighted by molar-refractivity contribution is 0.0899. The van der Waals surface area contributed by atoms with Crippen molar-refractivity contribution in [1.82, 2.24) is 5.32 Å². The van der Waals surface area contributed by atoms with Crippen molar-refractivity contribution in [1.29, 1.82) is 0 Å². The van der Waals surface area contributed by atoms with E-state index in [1.165, 1.54) is 11.3 Å². The molecule has 0 bridgehead atoms. The Morgan fingerprint density at radius 2 is 2.35 bits per heavy atom. The molecule has 4 nitrogen and oxygen atoms in total. The third kappa shape index (κ3) is 4.53. The number of ether oxygens (including phenoxy) is 2. The van der Waals surface area contributed by atoms with Crippen LogP contribution in [-0.2, 0) is 4.74 Å². The van der Waals surface area contributed by atoms with Crippen LogP contribution in [0.1, 0.15) is 16.1 Å². The number of hydrogen-bond donors (Lipinski definition) is 1. The second-order valence-corrected chi connectivity index (χ2v) is 4.74. The summed E-state index contributed by atoms with van der Waals surface area (Å²) in [6, 6.07) is 1.66. The van der Waals surface area contributed by atoms with E-state index < -0.39 is 0 Å². The van der Waals surface area contributed by atoms with E-state index in [0.717, 1.165) is 0 Å². The fourth-order valence-electron chi connectivity index (χ4n) is 1.33. The molecule has 0 saturated carbocycles. The van der Waals surface area contributed by atoms with Crippen LogP contribution in [0.4, 0.5) is 0 Å². The SMILES string of the molecule is COCC(CCCl)NC(=O)c1cc(OC)cs1. The van der Waals surface area contributed by atoms with Gasteiger partial charge in [0.2, 0.25) is 0 Å². The molecule has 96 valence electrons. The molecule has 0 saturated heterocycles. The van der Waals surface area contributed by atoms with Crippen LogP contribution in [0.3, 0.4) is 0 Å². The lowest BCUT2D eigenvalue weighted by Crippen LogP contribution is -2.38. The van der Waals surface area contributed by atoms with Gasteiger partial charge in [0, 0.05) is 24.4 Å². The quantitative estimate of drug-likeness (QED) is 0.777. The number of rotatable bonds is 7. The topological polar surface area (TPSA) is 47.6 Å². The van der Waals surface area contributed by atoms with Crippen molar-refractivity contribution >= 4 is 28.8 Å². The molecule has 0 fully saturated rings. The second kappa shape index (κ2) is 7.53. The number of thiophene rings is 1. The summed E-state index contributed by atoms with van der Waals surface area (Å²) in [6.07, 6.45) is 0.684. The van der Waals surface area contributed by atoms with Crippen molar-refractivity contribution in [2.45, 2.75) is 12.5 Å². The van der Waals surface area contributed by atoms with E-state index in [0.29, 0.717) is 29.5 Å². The van der Waals surface area contributed by atoms with Crippen molar-refractivity contribution in [2.24, 2.45) is 0 Å². The highest BCUT2D eigenvalue weighted by Crippen LogP contribution is 2.21. The Kier molecular flexibility index (Phi) is 6.32. The summed E-state index contributed by atoms with van der Waals surface area (Å²) in [5, 5.41) is 4.67. The van der Waals surface area contributed by atoms with E-state index >= 15 is 0 Å². The molecule has 1 aromatic heterocycles. The smallest absolute Gasteiger partial charge is 0.261 e. The molecule has 1 unspecified atom stereocenters. The number of halogens is 1. The Hall–Kier alpha value is -0.780. The molecular weight excluding hydrogens is 262 g/mol. The number of carbonyl (C=O) groups excluding carboxylic acids is 1. The van der Waals surface area contributed by atoms with Gasteiger partial charge in [-0.2, -0.15) is 0 Å². The van der Waals surface area contributed by atoms with Crippen LogP contribution in [0.15, 0.2) is 11.4 Å². The van der Waals surface area contributed by atoms with Crippen LogP contribution < -0.4 is 10.1 Å². The molecule has 17 heavy (non-hydrogen) atoms. The predicted molar refractivity (Wildman–Crippen MR) is 69.3 cm³/mol. The van der Waals surface area contributed by atoms with Gasteiger partial charge in [0.25, 0.3) is 5.91 Å². The normalized spacial score (nSPS) is 12.2. The molecule has 1 aromatic rings. The first-order chi connectivity index (χ1) is 8.21. The van der Waals surface area contributed by atoms with Gasteiger partial charge in [-0.3, -0.25) is 4.79 Å². The lowest BCUT2D eigenvalue weighted by Gasteiger charge is -2.15. The van der Waals surface area contributed by atoms with Crippen LogP contribution in [0.5, 0.6) is 5.75 Å². The number of methoxy groups -OCH3 is 2. The van der Waals surface area contributed by atoms with Gasteiger partial charge in [-0.15, -0.1) is 22.9 Å². The van der Waals surface area contributed by atoms with Crippen molar-refractivity contribution in [2.75, 3.05) is 26.7 Å².